The lowest BCUT2D eigenvalue weighted by atomic mass is 9.95. The first kappa shape index (κ1) is 23.2. The predicted octanol–water partition coefficient (Wildman–Crippen LogP) is 13.2. The molecule has 0 atom stereocenters. The Morgan fingerprint density at radius 1 is 0.429 bits per heavy atom. The lowest BCUT2D eigenvalue weighted by Gasteiger charge is -2.11. The van der Waals surface area contributed by atoms with Gasteiger partial charge in [0.1, 0.15) is 11.2 Å². The van der Waals surface area contributed by atoms with Crippen LogP contribution >= 0.6 is 0 Å². The van der Waals surface area contributed by atoms with Crippen LogP contribution < -0.4 is 0 Å². The smallest absolute Gasteiger partial charge is 0.164 e. The van der Waals surface area contributed by atoms with Gasteiger partial charge in [0.25, 0.3) is 0 Å². The van der Waals surface area contributed by atoms with Gasteiger partial charge >= 0.3 is 0 Å². The Bertz CT molecular complexity index is 3720. The molecule has 0 bridgehead atoms. The van der Waals surface area contributed by atoms with E-state index in [1.165, 1.54) is 6.07 Å². The number of nitrogens with zero attached hydrogens (tertiary/aromatic N) is 4. The maximum atomic E-state index is 8.95. The molecule has 3 heterocycles. The van der Waals surface area contributed by atoms with Gasteiger partial charge < -0.3 is 8.98 Å². The average molecular weight is 727 g/mol. The molecule has 5 heteroatoms. The molecule has 0 radical (unpaired) electrons. The van der Waals surface area contributed by atoms with Crippen LogP contribution in [0.5, 0.6) is 0 Å². The number of furan rings is 1. The average Bonchev–Trinajstić information content (AvgIpc) is 3.90. The Balaban J connectivity index is 1.16. The molecule has 5 nitrogen and oxygen atoms in total. The van der Waals surface area contributed by atoms with Crippen LogP contribution in [0, 0.1) is 0 Å². The highest BCUT2D eigenvalue weighted by Gasteiger charge is 2.21. The van der Waals surface area contributed by atoms with Gasteiger partial charge in [0.15, 0.2) is 17.5 Å². The quantitative estimate of drug-likeness (QED) is 0.171. The van der Waals surface area contributed by atoms with E-state index < -0.39 is 60.4 Å². The fourth-order valence-corrected chi connectivity index (χ4v) is 7.53. The monoisotopic (exact) mass is 726 g/mol. The molecule has 0 aliphatic heterocycles. The molecule has 0 fully saturated rings. The topological polar surface area (TPSA) is 56.7 Å². The molecule has 0 saturated carbocycles. The summed E-state index contributed by atoms with van der Waals surface area (Å²) >= 11 is 0. The highest BCUT2D eigenvalue weighted by Crippen LogP contribution is 2.43. The van der Waals surface area contributed by atoms with Gasteiger partial charge in [-0.3, -0.25) is 0 Å². The van der Waals surface area contributed by atoms with E-state index in [4.69, 9.17) is 33.1 Å². The van der Waals surface area contributed by atoms with E-state index in [0.29, 0.717) is 33.6 Å². The van der Waals surface area contributed by atoms with Crippen LogP contribution in [-0.2, 0) is 0 Å². The van der Waals surface area contributed by atoms with Gasteiger partial charge in [-0.15, -0.1) is 0 Å². The van der Waals surface area contributed by atoms with Crippen molar-refractivity contribution in [3.8, 4) is 62.1 Å². The third-order valence-electron chi connectivity index (χ3n) is 10.0. The van der Waals surface area contributed by atoms with E-state index in [1.54, 1.807) is 18.2 Å². The minimum absolute atomic E-state index is 0.0677. The Labute approximate surface area is 336 Å². The van der Waals surface area contributed by atoms with Crippen molar-refractivity contribution in [2.24, 2.45) is 0 Å². The van der Waals surface area contributed by atoms with Crippen molar-refractivity contribution in [1.82, 2.24) is 19.5 Å². The van der Waals surface area contributed by atoms with Crippen LogP contribution in [0.3, 0.4) is 0 Å². The Morgan fingerprint density at radius 3 is 1.70 bits per heavy atom. The van der Waals surface area contributed by atoms with Gasteiger partial charge in [-0.2, -0.15) is 0 Å². The highest BCUT2D eigenvalue weighted by molar-refractivity contribution is 6.16. The second-order valence-electron chi connectivity index (χ2n) is 13.3. The molecule has 0 aliphatic rings. The van der Waals surface area contributed by atoms with Crippen LogP contribution in [0.4, 0.5) is 0 Å². The molecule has 0 unspecified atom stereocenters. The van der Waals surface area contributed by atoms with E-state index >= 15 is 0 Å². The minimum Gasteiger partial charge on any atom is -0.455 e. The number of aromatic nitrogens is 4. The van der Waals surface area contributed by atoms with Crippen LogP contribution in [0.25, 0.3) is 106 Å². The molecule has 56 heavy (non-hydrogen) atoms. The molecule has 0 spiro atoms. The molecular formula is C51H32N4O. The second-order valence-corrected chi connectivity index (χ2v) is 13.3. The lowest BCUT2D eigenvalue weighted by molar-refractivity contribution is 0.670. The van der Waals surface area contributed by atoms with Crippen molar-refractivity contribution >= 4 is 43.7 Å². The zero-order valence-corrected chi connectivity index (χ0v) is 29.4. The highest BCUT2D eigenvalue weighted by atomic mass is 16.3. The summed E-state index contributed by atoms with van der Waals surface area (Å²) in [5, 5.41) is 3.14. The Kier molecular flexibility index (Phi) is 5.41. The third kappa shape index (κ3) is 5.29. The number of hydrogen-bond acceptors (Lipinski definition) is 4. The molecule has 0 amide bonds. The van der Waals surface area contributed by atoms with Crippen LogP contribution in [0.15, 0.2) is 198 Å². The van der Waals surface area contributed by atoms with Crippen LogP contribution in [0.1, 0.15) is 13.7 Å². The SMILES string of the molecule is [2H]c1c([2H])c([2H])c(-c2cc(-c3c([2H])c([2H])c([2H])c([2H])c3[2H])c3oc4cccc(-c5nc(-c6ccccc6)nc(-c6ccc(-n7c8ccccc8c8ccccc87)cc6)n5)c4c3c2)c([2H])c1[2H]. The first-order valence-corrected chi connectivity index (χ1v) is 18.0. The molecule has 3 aromatic heterocycles. The summed E-state index contributed by atoms with van der Waals surface area (Å²) in [5.74, 6) is 1.06. The number of benzene rings is 8. The van der Waals surface area contributed by atoms with E-state index in [1.807, 2.05) is 84.9 Å². The van der Waals surface area contributed by atoms with E-state index in [9.17, 15) is 0 Å². The molecule has 0 N–H and O–H groups in total. The predicted molar refractivity (Wildman–Crippen MR) is 229 cm³/mol. The molecule has 11 rings (SSSR count). The summed E-state index contributed by atoms with van der Waals surface area (Å²) in [7, 11) is 0. The van der Waals surface area contributed by atoms with Crippen molar-refractivity contribution in [3.05, 3.63) is 194 Å². The van der Waals surface area contributed by atoms with Gasteiger partial charge in [0, 0.05) is 49.5 Å². The van der Waals surface area contributed by atoms with Crippen LogP contribution in [0.2, 0.25) is 0 Å². The molecule has 11 aromatic rings. The van der Waals surface area contributed by atoms with Gasteiger partial charge in [0.2, 0.25) is 0 Å². The fraction of sp³-hybridized carbons (Fsp3) is 0. The van der Waals surface area contributed by atoms with E-state index in [0.717, 1.165) is 38.6 Å². The van der Waals surface area contributed by atoms with Crippen LogP contribution in [-0.4, -0.2) is 19.5 Å². The molecule has 0 aliphatic carbocycles. The summed E-state index contributed by atoms with van der Waals surface area (Å²) in [4.78, 5) is 15.1. The zero-order chi connectivity index (χ0) is 45.7. The Morgan fingerprint density at radius 2 is 1.02 bits per heavy atom. The van der Waals surface area contributed by atoms with Crippen molar-refractivity contribution < 1.29 is 18.1 Å². The summed E-state index contributed by atoms with van der Waals surface area (Å²) in [6, 6.07) is 37.1. The maximum Gasteiger partial charge on any atom is 0.164 e. The van der Waals surface area contributed by atoms with Crippen molar-refractivity contribution in [3.63, 3.8) is 0 Å². The molecule has 0 saturated heterocycles. The summed E-state index contributed by atoms with van der Waals surface area (Å²) in [6.07, 6.45) is 0. The fourth-order valence-electron chi connectivity index (χ4n) is 7.53. The maximum absolute atomic E-state index is 8.95. The molecule has 8 aromatic carbocycles. The number of fused-ring (bicyclic) bond motifs is 6. The van der Waals surface area contributed by atoms with Crippen molar-refractivity contribution in [2.75, 3.05) is 0 Å². The standard InChI is InChI=1S/C51H32N4O/c1-4-15-33(16-5-1)37-31-42(34-17-6-2-7-18-34)48-43(32-37)47-41(23-14-26-46(47)56-48)51-53-49(35-19-8-3-9-20-35)52-50(54-51)36-27-29-38(30-28-36)55-44-24-12-10-21-39(44)40-22-11-13-25-45(40)55/h1-32H/i1D,2D,4D,5D,6D,7D,15D,16D,17D,18D. The zero-order valence-electron chi connectivity index (χ0n) is 39.4. The van der Waals surface area contributed by atoms with Gasteiger partial charge in [-0.25, -0.2) is 15.0 Å². The minimum atomic E-state index is -0.583. The first-order chi connectivity index (χ1) is 31.9. The van der Waals surface area contributed by atoms with Crippen molar-refractivity contribution in [2.45, 2.75) is 0 Å². The first-order valence-electron chi connectivity index (χ1n) is 23.0. The summed E-state index contributed by atoms with van der Waals surface area (Å²) in [5.41, 5.74) is 5.43. The van der Waals surface area contributed by atoms with Gasteiger partial charge in [0.05, 0.1) is 24.7 Å². The molecule has 262 valence electrons. The number of hydrogen-bond donors (Lipinski definition) is 0. The van der Waals surface area contributed by atoms with Crippen molar-refractivity contribution in [1.29, 1.82) is 0 Å². The normalized spacial score (nSPS) is 14.1. The third-order valence-corrected chi connectivity index (χ3v) is 10.0. The number of para-hydroxylation sites is 2. The van der Waals surface area contributed by atoms with E-state index in [-0.39, 0.29) is 33.7 Å². The number of rotatable bonds is 6. The summed E-state index contributed by atoms with van der Waals surface area (Å²) < 4.78 is 95.0. The Hall–Kier alpha value is -7.63. The molecular weight excluding hydrogens is 685 g/mol. The largest absolute Gasteiger partial charge is 0.455 e. The second kappa shape index (κ2) is 13.0. The lowest BCUT2D eigenvalue weighted by Crippen LogP contribution is -2.01. The van der Waals surface area contributed by atoms with Gasteiger partial charge in [-0.05, 0) is 71.3 Å². The summed E-state index contributed by atoms with van der Waals surface area (Å²) in [6.45, 7) is 0. The van der Waals surface area contributed by atoms with Gasteiger partial charge in [-0.1, -0.05) is 139 Å². The van der Waals surface area contributed by atoms with E-state index in [2.05, 4.69) is 28.8 Å².